The van der Waals surface area contributed by atoms with E-state index in [1.54, 1.807) is 27.7 Å². The molecule has 6 nitrogen and oxygen atoms in total. The van der Waals surface area contributed by atoms with E-state index in [1.165, 1.54) is 18.5 Å². The Hall–Kier alpha value is -2.11. The lowest BCUT2D eigenvalue weighted by atomic mass is 10.1. The van der Waals surface area contributed by atoms with Gasteiger partial charge < -0.3 is 15.8 Å². The molecule has 1 aromatic heterocycles. The Kier molecular flexibility index (Phi) is 5.07. The molecule has 0 saturated carbocycles. The third-order valence-corrected chi connectivity index (χ3v) is 2.50. The minimum absolute atomic E-state index is 0.268. The van der Waals surface area contributed by atoms with Crippen molar-refractivity contribution in [2.75, 3.05) is 5.73 Å². The third-order valence-electron chi connectivity index (χ3n) is 2.50. The number of pyridine rings is 1. The summed E-state index contributed by atoms with van der Waals surface area (Å²) in [5.74, 6) is -0.872. The van der Waals surface area contributed by atoms with E-state index in [9.17, 15) is 9.59 Å². The Morgan fingerprint density at radius 1 is 1.45 bits per heavy atom. The quantitative estimate of drug-likeness (QED) is 0.815. The van der Waals surface area contributed by atoms with Crippen molar-refractivity contribution in [1.29, 1.82) is 0 Å². The Morgan fingerprint density at radius 3 is 2.60 bits per heavy atom. The molecule has 1 rings (SSSR count). The Morgan fingerprint density at radius 2 is 2.10 bits per heavy atom. The highest BCUT2D eigenvalue weighted by atomic mass is 16.6. The van der Waals surface area contributed by atoms with E-state index >= 15 is 0 Å². The van der Waals surface area contributed by atoms with Crippen LogP contribution in [0.2, 0.25) is 0 Å². The van der Waals surface area contributed by atoms with Gasteiger partial charge in [-0.2, -0.15) is 0 Å². The van der Waals surface area contributed by atoms with Gasteiger partial charge in [-0.3, -0.25) is 9.78 Å². The topological polar surface area (TPSA) is 94.3 Å². The molecular formula is C14H21N3O3. The second-order valence-corrected chi connectivity index (χ2v) is 5.43. The van der Waals surface area contributed by atoms with E-state index in [4.69, 9.17) is 10.5 Å². The largest absolute Gasteiger partial charge is 0.458 e. The molecular weight excluding hydrogens is 258 g/mol. The van der Waals surface area contributed by atoms with Crippen molar-refractivity contribution in [2.24, 2.45) is 0 Å². The number of hydrogen-bond donors (Lipinski definition) is 2. The van der Waals surface area contributed by atoms with E-state index in [0.717, 1.165) is 0 Å². The minimum Gasteiger partial charge on any atom is -0.458 e. The van der Waals surface area contributed by atoms with Gasteiger partial charge in [0.15, 0.2) is 0 Å². The zero-order valence-corrected chi connectivity index (χ0v) is 12.3. The molecule has 0 aliphatic heterocycles. The van der Waals surface area contributed by atoms with E-state index < -0.39 is 23.5 Å². The highest BCUT2D eigenvalue weighted by molar-refractivity contribution is 6.00. The Bertz CT molecular complexity index is 495. The number of nitrogens with zero attached hydrogens (tertiary/aromatic N) is 1. The maximum Gasteiger partial charge on any atom is 0.329 e. The highest BCUT2D eigenvalue weighted by Crippen LogP contribution is 2.12. The molecule has 6 heteroatoms. The zero-order chi connectivity index (χ0) is 15.3. The molecule has 1 atom stereocenters. The summed E-state index contributed by atoms with van der Waals surface area (Å²) in [5, 5.41) is 2.62. The number of aromatic nitrogens is 1. The fourth-order valence-corrected chi connectivity index (χ4v) is 1.55. The SMILES string of the molecule is CC[C@H](NC(=O)c1ccncc1N)C(=O)OC(C)(C)C. The normalized spacial score (nSPS) is 12.6. The lowest BCUT2D eigenvalue weighted by Gasteiger charge is -2.24. The number of ether oxygens (including phenoxy) is 1. The van der Waals surface area contributed by atoms with Crippen molar-refractivity contribution in [3.05, 3.63) is 24.0 Å². The smallest absolute Gasteiger partial charge is 0.329 e. The molecule has 1 heterocycles. The number of hydrogen-bond acceptors (Lipinski definition) is 5. The predicted molar refractivity (Wildman–Crippen MR) is 76.0 cm³/mol. The average molecular weight is 279 g/mol. The number of esters is 1. The number of amides is 1. The van der Waals surface area contributed by atoms with Crippen LogP contribution in [0.15, 0.2) is 18.5 Å². The number of nitrogen functional groups attached to an aromatic ring is 1. The molecule has 0 radical (unpaired) electrons. The molecule has 0 spiro atoms. The Labute approximate surface area is 118 Å². The molecule has 3 N–H and O–H groups in total. The van der Waals surface area contributed by atoms with Crippen molar-refractivity contribution in [2.45, 2.75) is 45.8 Å². The monoisotopic (exact) mass is 279 g/mol. The molecule has 0 aliphatic carbocycles. The van der Waals surface area contributed by atoms with Crippen molar-refractivity contribution in [3.63, 3.8) is 0 Å². The summed E-state index contributed by atoms with van der Waals surface area (Å²) in [7, 11) is 0. The van der Waals surface area contributed by atoms with Crippen molar-refractivity contribution in [1.82, 2.24) is 10.3 Å². The van der Waals surface area contributed by atoms with E-state index in [0.29, 0.717) is 12.0 Å². The third kappa shape index (κ3) is 4.53. The van der Waals surface area contributed by atoms with E-state index in [-0.39, 0.29) is 5.69 Å². The van der Waals surface area contributed by atoms with Gasteiger partial charge in [0.05, 0.1) is 17.4 Å². The summed E-state index contributed by atoms with van der Waals surface area (Å²) in [6.07, 6.45) is 3.30. The average Bonchev–Trinajstić information content (AvgIpc) is 2.33. The summed E-state index contributed by atoms with van der Waals surface area (Å²) in [5.41, 5.74) is 5.65. The number of nitrogens with two attached hydrogens (primary N) is 1. The summed E-state index contributed by atoms with van der Waals surface area (Å²) in [6.45, 7) is 7.13. The van der Waals surface area contributed by atoms with Crippen LogP contribution in [-0.4, -0.2) is 28.5 Å². The maximum atomic E-state index is 12.1. The van der Waals surface area contributed by atoms with Crippen LogP contribution in [0.1, 0.15) is 44.5 Å². The minimum atomic E-state index is -0.700. The second-order valence-electron chi connectivity index (χ2n) is 5.43. The van der Waals surface area contributed by atoms with Gasteiger partial charge in [0.1, 0.15) is 11.6 Å². The fraction of sp³-hybridized carbons (Fsp3) is 0.500. The lowest BCUT2D eigenvalue weighted by Crippen LogP contribution is -2.43. The van der Waals surface area contributed by atoms with Gasteiger partial charge in [-0.1, -0.05) is 6.92 Å². The fourth-order valence-electron chi connectivity index (χ4n) is 1.55. The van der Waals surface area contributed by atoms with Crippen LogP contribution in [0.4, 0.5) is 5.69 Å². The van der Waals surface area contributed by atoms with Crippen LogP contribution in [0.3, 0.4) is 0 Å². The number of anilines is 1. The molecule has 0 bridgehead atoms. The van der Waals surface area contributed by atoms with Crippen LogP contribution in [0.25, 0.3) is 0 Å². The van der Waals surface area contributed by atoms with Crippen LogP contribution in [-0.2, 0) is 9.53 Å². The van der Waals surface area contributed by atoms with Gasteiger partial charge in [0.25, 0.3) is 5.91 Å². The molecule has 0 saturated heterocycles. The van der Waals surface area contributed by atoms with Gasteiger partial charge in [0.2, 0.25) is 0 Å². The summed E-state index contributed by atoms with van der Waals surface area (Å²) in [6, 6.07) is 0.807. The first-order valence-electron chi connectivity index (χ1n) is 6.47. The Balaban J connectivity index is 2.77. The van der Waals surface area contributed by atoms with Crippen molar-refractivity contribution in [3.8, 4) is 0 Å². The van der Waals surface area contributed by atoms with Gasteiger partial charge in [-0.05, 0) is 33.3 Å². The van der Waals surface area contributed by atoms with Crippen molar-refractivity contribution >= 4 is 17.6 Å². The first-order valence-corrected chi connectivity index (χ1v) is 6.47. The van der Waals surface area contributed by atoms with Gasteiger partial charge in [0, 0.05) is 6.20 Å². The zero-order valence-electron chi connectivity index (χ0n) is 12.3. The van der Waals surface area contributed by atoms with E-state index in [1.807, 2.05) is 0 Å². The number of nitrogens with one attached hydrogen (secondary N) is 1. The second kappa shape index (κ2) is 6.36. The van der Waals surface area contributed by atoms with Gasteiger partial charge in [-0.25, -0.2) is 4.79 Å². The number of rotatable bonds is 4. The van der Waals surface area contributed by atoms with E-state index in [2.05, 4.69) is 10.3 Å². The molecule has 0 unspecified atom stereocenters. The first-order chi connectivity index (χ1) is 9.24. The first kappa shape index (κ1) is 15.9. The number of carbonyl (C=O) groups excluding carboxylic acids is 2. The molecule has 1 amide bonds. The maximum absolute atomic E-state index is 12.1. The summed E-state index contributed by atoms with van der Waals surface area (Å²) in [4.78, 5) is 27.9. The predicted octanol–water partition coefficient (Wildman–Crippen LogP) is 1.51. The molecule has 20 heavy (non-hydrogen) atoms. The highest BCUT2D eigenvalue weighted by Gasteiger charge is 2.26. The lowest BCUT2D eigenvalue weighted by molar-refractivity contribution is -0.157. The van der Waals surface area contributed by atoms with Crippen LogP contribution in [0, 0.1) is 0 Å². The summed E-state index contributed by atoms with van der Waals surface area (Å²) < 4.78 is 5.26. The standard InChI is InChI=1S/C14H21N3O3/c1-5-11(13(19)20-14(2,3)4)17-12(18)9-6-7-16-8-10(9)15/h6-8,11H,5,15H2,1-4H3,(H,17,18)/t11-/m0/s1. The van der Waals surface area contributed by atoms with Crippen LogP contribution >= 0.6 is 0 Å². The molecule has 110 valence electrons. The van der Waals surface area contributed by atoms with Crippen LogP contribution in [0.5, 0.6) is 0 Å². The summed E-state index contributed by atoms with van der Waals surface area (Å²) >= 11 is 0. The molecule has 0 aliphatic rings. The molecule has 0 aromatic carbocycles. The van der Waals surface area contributed by atoms with Gasteiger partial charge >= 0.3 is 5.97 Å². The van der Waals surface area contributed by atoms with Gasteiger partial charge in [-0.15, -0.1) is 0 Å². The molecule has 1 aromatic rings. The molecule has 0 fully saturated rings. The van der Waals surface area contributed by atoms with Crippen molar-refractivity contribution < 1.29 is 14.3 Å². The number of carbonyl (C=O) groups is 2. The van der Waals surface area contributed by atoms with Crippen LogP contribution < -0.4 is 11.1 Å².